The van der Waals surface area contributed by atoms with Crippen LogP contribution in [0.2, 0.25) is 0 Å². The highest BCUT2D eigenvalue weighted by Gasteiger charge is 2.36. The first-order valence-electron chi connectivity index (χ1n) is 9.98. The van der Waals surface area contributed by atoms with Gasteiger partial charge in [-0.25, -0.2) is 8.42 Å². The molecule has 0 saturated heterocycles. The van der Waals surface area contributed by atoms with Crippen LogP contribution in [-0.4, -0.2) is 33.2 Å². The highest BCUT2D eigenvalue weighted by atomic mass is 32.2. The van der Waals surface area contributed by atoms with Crippen LogP contribution in [0.15, 0.2) is 78.9 Å². The molecule has 7 heteroatoms. The van der Waals surface area contributed by atoms with Crippen molar-refractivity contribution in [2.75, 3.05) is 17.1 Å². The molecule has 0 aliphatic carbocycles. The molecule has 1 heterocycles. The maximum Gasteiger partial charge on any atom is 0.263 e. The normalized spacial score (nSPS) is 15.8. The molecule has 4 rings (SSSR count). The Balaban J connectivity index is 1.64. The van der Waals surface area contributed by atoms with Crippen molar-refractivity contribution < 1.29 is 17.9 Å². The molecule has 0 radical (unpaired) electrons. The number of nitrogens with zero attached hydrogens (tertiary/aromatic N) is 1. The third-order valence-electron chi connectivity index (χ3n) is 5.23. The Hall–Kier alpha value is -3.32. The first kappa shape index (κ1) is 20.9. The van der Waals surface area contributed by atoms with Crippen LogP contribution in [-0.2, 0) is 14.8 Å². The minimum atomic E-state index is -3.58. The molecule has 1 amide bonds. The van der Waals surface area contributed by atoms with E-state index in [-0.39, 0.29) is 18.5 Å². The summed E-state index contributed by atoms with van der Waals surface area (Å²) in [6.45, 7) is 1.79. The lowest BCUT2D eigenvalue weighted by Gasteiger charge is -2.35. The maximum absolute atomic E-state index is 13.2. The van der Waals surface area contributed by atoms with Gasteiger partial charge in [0, 0.05) is 0 Å². The smallest absolute Gasteiger partial charge is 0.263 e. The molecule has 3 aromatic rings. The van der Waals surface area contributed by atoms with Crippen LogP contribution in [0.25, 0.3) is 0 Å². The zero-order chi connectivity index (χ0) is 22.0. The van der Waals surface area contributed by atoms with Gasteiger partial charge in [0.1, 0.15) is 5.75 Å². The number of rotatable bonds is 5. The molecule has 1 aliphatic rings. The molecule has 0 aromatic heterocycles. The van der Waals surface area contributed by atoms with Gasteiger partial charge in [-0.15, -0.1) is 0 Å². The topological polar surface area (TPSA) is 75.7 Å². The monoisotopic (exact) mass is 436 g/mol. The lowest BCUT2D eigenvalue weighted by Crippen LogP contribution is -2.51. The molecule has 0 bridgehead atoms. The molecule has 0 fully saturated rings. The van der Waals surface area contributed by atoms with Gasteiger partial charge in [-0.1, -0.05) is 66.7 Å². The number of fused-ring (bicyclic) bond motifs is 1. The number of amides is 1. The SMILES string of the molecule is Cc1ccc2c(c1)N(S(C)(=O)=O)C[C@H](C(=O)NC(c1ccccc1)c1ccccc1)O2. The molecule has 1 aliphatic heterocycles. The zero-order valence-electron chi connectivity index (χ0n) is 17.4. The minimum Gasteiger partial charge on any atom is -0.476 e. The first-order chi connectivity index (χ1) is 14.8. The quantitative estimate of drug-likeness (QED) is 0.665. The third kappa shape index (κ3) is 4.56. The van der Waals surface area contributed by atoms with E-state index in [2.05, 4.69) is 5.32 Å². The van der Waals surface area contributed by atoms with Crippen LogP contribution >= 0.6 is 0 Å². The third-order valence-corrected chi connectivity index (χ3v) is 6.38. The fourth-order valence-electron chi connectivity index (χ4n) is 3.70. The van der Waals surface area contributed by atoms with E-state index in [1.165, 1.54) is 4.31 Å². The second-order valence-electron chi connectivity index (χ2n) is 7.63. The van der Waals surface area contributed by atoms with Gasteiger partial charge in [0.2, 0.25) is 10.0 Å². The van der Waals surface area contributed by atoms with Crippen molar-refractivity contribution in [1.82, 2.24) is 5.32 Å². The van der Waals surface area contributed by atoms with Crippen LogP contribution in [0.4, 0.5) is 5.69 Å². The van der Waals surface area contributed by atoms with Crippen LogP contribution in [0.1, 0.15) is 22.7 Å². The Morgan fingerprint density at radius 2 is 1.58 bits per heavy atom. The number of sulfonamides is 1. The van der Waals surface area contributed by atoms with E-state index in [0.717, 1.165) is 22.9 Å². The molecule has 1 N–H and O–H groups in total. The summed E-state index contributed by atoms with van der Waals surface area (Å²) in [6, 6.07) is 24.2. The largest absolute Gasteiger partial charge is 0.476 e. The number of carbonyl (C=O) groups excluding carboxylic acids is 1. The number of nitrogens with one attached hydrogen (secondary N) is 1. The van der Waals surface area contributed by atoms with Crippen LogP contribution in [0, 0.1) is 6.92 Å². The number of anilines is 1. The maximum atomic E-state index is 13.2. The Kier molecular flexibility index (Phi) is 5.69. The lowest BCUT2D eigenvalue weighted by molar-refractivity contribution is -0.128. The summed E-state index contributed by atoms with van der Waals surface area (Å²) in [6.07, 6.45) is 0.163. The van der Waals surface area contributed by atoms with Crippen LogP contribution in [0.3, 0.4) is 0 Å². The molecular weight excluding hydrogens is 412 g/mol. The van der Waals surface area contributed by atoms with Crippen molar-refractivity contribution in [3.05, 3.63) is 95.6 Å². The van der Waals surface area contributed by atoms with Crippen molar-refractivity contribution in [2.45, 2.75) is 19.1 Å². The average Bonchev–Trinajstić information content (AvgIpc) is 2.77. The summed E-state index contributed by atoms with van der Waals surface area (Å²) in [7, 11) is -3.58. The number of ether oxygens (including phenoxy) is 1. The summed E-state index contributed by atoms with van der Waals surface area (Å²) in [5.74, 6) is -0.00372. The first-order valence-corrected chi connectivity index (χ1v) is 11.8. The molecular formula is C24H24N2O4S. The van der Waals surface area contributed by atoms with Crippen molar-refractivity contribution in [3.8, 4) is 5.75 Å². The van der Waals surface area contributed by atoms with E-state index < -0.39 is 16.1 Å². The molecule has 6 nitrogen and oxygen atoms in total. The number of carbonyl (C=O) groups is 1. The number of aryl methyl sites for hydroxylation is 1. The second kappa shape index (κ2) is 8.43. The van der Waals surface area contributed by atoms with Crippen molar-refractivity contribution in [1.29, 1.82) is 0 Å². The predicted molar refractivity (Wildman–Crippen MR) is 121 cm³/mol. The Morgan fingerprint density at radius 1 is 1.00 bits per heavy atom. The molecule has 0 saturated carbocycles. The predicted octanol–water partition coefficient (Wildman–Crippen LogP) is 3.43. The molecule has 0 unspecified atom stereocenters. The zero-order valence-corrected chi connectivity index (χ0v) is 18.2. The fraction of sp³-hybridized carbons (Fsp3) is 0.208. The molecule has 3 aromatic carbocycles. The highest BCUT2D eigenvalue weighted by Crippen LogP contribution is 2.36. The number of hydrogen-bond acceptors (Lipinski definition) is 4. The van der Waals surface area contributed by atoms with Gasteiger partial charge in [-0.2, -0.15) is 0 Å². The van der Waals surface area contributed by atoms with Crippen molar-refractivity contribution in [2.24, 2.45) is 0 Å². The van der Waals surface area contributed by atoms with Gasteiger partial charge < -0.3 is 10.1 Å². The van der Waals surface area contributed by atoms with Gasteiger partial charge in [0.15, 0.2) is 6.10 Å². The average molecular weight is 437 g/mol. The summed E-state index contributed by atoms with van der Waals surface area (Å²) >= 11 is 0. The molecule has 1 atom stereocenters. The van der Waals surface area contributed by atoms with E-state index in [1.54, 1.807) is 12.1 Å². The van der Waals surface area contributed by atoms with E-state index in [1.807, 2.05) is 73.7 Å². The summed E-state index contributed by atoms with van der Waals surface area (Å²) < 4.78 is 32.0. The van der Waals surface area contributed by atoms with Gasteiger partial charge in [0.05, 0.1) is 24.5 Å². The Morgan fingerprint density at radius 3 is 2.13 bits per heavy atom. The molecule has 160 valence electrons. The van der Waals surface area contributed by atoms with Gasteiger partial charge in [0.25, 0.3) is 5.91 Å². The highest BCUT2D eigenvalue weighted by molar-refractivity contribution is 7.92. The van der Waals surface area contributed by atoms with Crippen molar-refractivity contribution in [3.63, 3.8) is 0 Å². The summed E-state index contributed by atoms with van der Waals surface area (Å²) in [4.78, 5) is 13.2. The summed E-state index contributed by atoms with van der Waals surface area (Å²) in [5, 5.41) is 3.05. The van der Waals surface area contributed by atoms with E-state index in [4.69, 9.17) is 4.74 Å². The van der Waals surface area contributed by atoms with E-state index >= 15 is 0 Å². The molecule has 31 heavy (non-hydrogen) atoms. The fourth-order valence-corrected chi connectivity index (χ4v) is 4.60. The minimum absolute atomic E-state index is 0.0859. The standard InChI is InChI=1S/C24H24N2O4S/c1-17-13-14-21-20(15-17)26(31(2,28)29)16-22(30-21)24(27)25-23(18-9-5-3-6-10-18)19-11-7-4-8-12-19/h3-15,22-23H,16H2,1-2H3,(H,25,27)/t22-/m1/s1. The molecule has 0 spiro atoms. The van der Waals surface area contributed by atoms with E-state index in [9.17, 15) is 13.2 Å². The van der Waals surface area contributed by atoms with Gasteiger partial charge in [-0.05, 0) is 35.7 Å². The van der Waals surface area contributed by atoms with Crippen molar-refractivity contribution >= 4 is 21.6 Å². The van der Waals surface area contributed by atoms with Crippen LogP contribution < -0.4 is 14.4 Å². The lowest BCUT2D eigenvalue weighted by atomic mass is 9.98. The van der Waals surface area contributed by atoms with Crippen LogP contribution in [0.5, 0.6) is 5.75 Å². The van der Waals surface area contributed by atoms with E-state index in [0.29, 0.717) is 11.4 Å². The Labute approximate surface area is 182 Å². The Bertz CT molecular complexity index is 1140. The number of benzene rings is 3. The van der Waals surface area contributed by atoms with Gasteiger partial charge >= 0.3 is 0 Å². The summed E-state index contributed by atoms with van der Waals surface area (Å²) in [5.41, 5.74) is 3.21. The van der Waals surface area contributed by atoms with Gasteiger partial charge in [-0.3, -0.25) is 9.10 Å². The number of hydrogen-bond donors (Lipinski definition) is 1. The second-order valence-corrected chi connectivity index (χ2v) is 9.54.